The van der Waals surface area contributed by atoms with Crippen LogP contribution in [0.4, 0.5) is 18.0 Å². The zero-order valence-corrected chi connectivity index (χ0v) is 21.3. The largest absolute Gasteiger partial charge is 0.444 e. The minimum atomic E-state index is -4.40. The summed E-state index contributed by atoms with van der Waals surface area (Å²) in [6, 6.07) is 11.2. The molecule has 0 saturated carbocycles. The van der Waals surface area contributed by atoms with Crippen LogP contribution in [0.2, 0.25) is 0 Å². The molecule has 0 bridgehead atoms. The Balaban J connectivity index is 2.26. The molecule has 2 aromatic rings. The number of alkyl carbamates (subject to hydrolysis) is 1. The molecule has 2 aromatic carbocycles. The summed E-state index contributed by atoms with van der Waals surface area (Å²) in [6.45, 7) is 7.04. The van der Waals surface area contributed by atoms with Crippen LogP contribution in [0.3, 0.4) is 0 Å². The van der Waals surface area contributed by atoms with E-state index < -0.39 is 45.7 Å². The van der Waals surface area contributed by atoms with Crippen molar-refractivity contribution in [2.24, 2.45) is 0 Å². The van der Waals surface area contributed by atoms with Crippen molar-refractivity contribution >= 4 is 16.2 Å². The summed E-state index contributed by atoms with van der Waals surface area (Å²) in [7, 11) is -3.78. The van der Waals surface area contributed by atoms with Crippen LogP contribution in [-0.4, -0.2) is 38.5 Å². The number of amides is 1. The van der Waals surface area contributed by atoms with Crippen molar-refractivity contribution in [1.29, 1.82) is 0 Å². The summed E-state index contributed by atoms with van der Waals surface area (Å²) in [6.07, 6.45) is -3.68. The highest BCUT2D eigenvalue weighted by Crippen LogP contribution is 2.31. The maximum absolute atomic E-state index is 12.8. The zero-order valence-electron chi connectivity index (χ0n) is 20.5. The van der Waals surface area contributed by atoms with Crippen molar-refractivity contribution < 1.29 is 35.3 Å². The molecule has 0 heterocycles. The molecule has 10 heteroatoms. The van der Waals surface area contributed by atoms with Gasteiger partial charge in [-0.25, -0.2) is 4.79 Å². The summed E-state index contributed by atoms with van der Waals surface area (Å²) >= 11 is 0. The van der Waals surface area contributed by atoms with Gasteiger partial charge in [0.25, 0.3) is 10.1 Å². The number of rotatable bonds is 9. The van der Waals surface area contributed by atoms with E-state index >= 15 is 0 Å². The lowest BCUT2D eigenvalue weighted by molar-refractivity contribution is -0.137. The molecule has 1 N–H and O–H groups in total. The third-order valence-electron chi connectivity index (χ3n) is 4.98. The second-order valence-electron chi connectivity index (χ2n) is 9.36. The van der Waals surface area contributed by atoms with Crippen molar-refractivity contribution in [2.45, 2.75) is 70.9 Å². The van der Waals surface area contributed by atoms with E-state index in [1.54, 1.807) is 45.0 Å². The van der Waals surface area contributed by atoms with E-state index in [9.17, 15) is 26.4 Å². The molecule has 194 valence electrons. The first-order valence-electron chi connectivity index (χ1n) is 11.2. The van der Waals surface area contributed by atoms with Gasteiger partial charge >= 0.3 is 12.3 Å². The summed E-state index contributed by atoms with van der Waals surface area (Å²) in [5, 5.41) is 2.74. The Morgan fingerprint density at radius 2 is 1.49 bits per heavy atom. The maximum Gasteiger partial charge on any atom is 0.416 e. The highest BCUT2D eigenvalue weighted by molar-refractivity contribution is 7.86. The van der Waals surface area contributed by atoms with E-state index in [0.29, 0.717) is 18.4 Å². The third kappa shape index (κ3) is 9.89. The molecule has 0 fully saturated rings. The Hall–Kier alpha value is -2.59. The maximum atomic E-state index is 12.8. The minimum Gasteiger partial charge on any atom is -0.444 e. The van der Waals surface area contributed by atoms with Crippen LogP contribution in [-0.2, 0) is 31.6 Å². The lowest BCUT2D eigenvalue weighted by Gasteiger charge is -2.29. The zero-order chi connectivity index (χ0) is 26.4. The van der Waals surface area contributed by atoms with Crippen LogP contribution in [0.25, 0.3) is 11.1 Å². The van der Waals surface area contributed by atoms with Crippen LogP contribution >= 0.6 is 0 Å². The summed E-state index contributed by atoms with van der Waals surface area (Å²) < 4.78 is 72.7. The fourth-order valence-corrected chi connectivity index (χ4v) is 4.18. The SMILES string of the molecule is CCCC(OS(C)(=O)=O)[C@@H](Cc1ccc(-c2ccc(C(F)(F)F)cc2)cc1)NC(=O)OC(C)(C)C. The van der Waals surface area contributed by atoms with Gasteiger partial charge in [-0.05, 0) is 62.4 Å². The standard InChI is InChI=1S/C25H32F3NO5S/c1-6-7-22(34-35(5,31)32)21(29-23(30)33-24(2,3)4)16-17-8-10-18(11-9-17)19-12-14-20(15-13-19)25(26,27)28/h8-15,21-22H,6-7,16H2,1-5H3,(H,29,30)/t21-,22?/m1/s1. The van der Waals surface area contributed by atoms with Crippen molar-refractivity contribution in [1.82, 2.24) is 5.32 Å². The van der Waals surface area contributed by atoms with Crippen LogP contribution in [0.5, 0.6) is 0 Å². The van der Waals surface area contributed by atoms with Gasteiger partial charge in [-0.2, -0.15) is 21.6 Å². The van der Waals surface area contributed by atoms with Crippen LogP contribution in [0.15, 0.2) is 48.5 Å². The number of hydrogen-bond donors (Lipinski definition) is 1. The molecular weight excluding hydrogens is 483 g/mol. The first kappa shape index (κ1) is 28.6. The monoisotopic (exact) mass is 515 g/mol. The molecule has 2 rings (SSSR count). The van der Waals surface area contributed by atoms with Crippen LogP contribution in [0, 0.1) is 0 Å². The number of halogens is 3. The smallest absolute Gasteiger partial charge is 0.416 e. The molecule has 0 aliphatic rings. The minimum absolute atomic E-state index is 0.257. The molecule has 0 aliphatic carbocycles. The number of nitrogens with one attached hydrogen (secondary N) is 1. The molecule has 0 aliphatic heterocycles. The Labute approximate surface area is 205 Å². The van der Waals surface area contributed by atoms with Crippen molar-refractivity contribution in [3.8, 4) is 11.1 Å². The van der Waals surface area contributed by atoms with Crippen LogP contribution in [0.1, 0.15) is 51.7 Å². The average Bonchev–Trinajstić information content (AvgIpc) is 2.71. The van der Waals surface area contributed by atoms with Gasteiger partial charge in [-0.1, -0.05) is 49.7 Å². The second kappa shape index (κ2) is 11.4. The first-order valence-corrected chi connectivity index (χ1v) is 13.0. The van der Waals surface area contributed by atoms with E-state index in [2.05, 4.69) is 5.32 Å². The number of benzene rings is 2. The lowest BCUT2D eigenvalue weighted by Crippen LogP contribution is -2.48. The average molecular weight is 516 g/mol. The molecule has 0 spiro atoms. The lowest BCUT2D eigenvalue weighted by atomic mass is 9.96. The van der Waals surface area contributed by atoms with Crippen molar-refractivity contribution in [3.05, 3.63) is 59.7 Å². The fraction of sp³-hybridized carbons (Fsp3) is 0.480. The van der Waals surface area contributed by atoms with Crippen LogP contribution < -0.4 is 5.32 Å². The Kier molecular flexibility index (Phi) is 9.36. The van der Waals surface area contributed by atoms with Gasteiger partial charge in [-0.3, -0.25) is 4.18 Å². The number of carbonyl (C=O) groups excluding carboxylic acids is 1. The molecule has 1 unspecified atom stereocenters. The van der Waals surface area contributed by atoms with Gasteiger partial charge < -0.3 is 10.1 Å². The van der Waals surface area contributed by atoms with Gasteiger partial charge in [-0.15, -0.1) is 0 Å². The predicted octanol–water partition coefficient (Wildman–Crippen LogP) is 5.95. The number of hydrogen-bond acceptors (Lipinski definition) is 5. The Bertz CT molecular complexity index is 1080. The summed E-state index contributed by atoms with van der Waals surface area (Å²) in [5.41, 5.74) is 0.658. The molecule has 1 amide bonds. The first-order chi connectivity index (χ1) is 16.1. The van der Waals surface area contributed by atoms with E-state index in [1.807, 2.05) is 6.92 Å². The van der Waals surface area contributed by atoms with E-state index in [1.165, 1.54) is 12.1 Å². The Morgan fingerprint density at radius 3 is 1.91 bits per heavy atom. The van der Waals surface area contributed by atoms with Crippen molar-refractivity contribution in [2.75, 3.05) is 6.26 Å². The summed E-state index contributed by atoms with van der Waals surface area (Å²) in [4.78, 5) is 12.5. The van der Waals surface area contributed by atoms with E-state index in [0.717, 1.165) is 29.5 Å². The number of carbonyl (C=O) groups is 1. The normalized spacial score (nSPS) is 14.3. The summed E-state index contributed by atoms with van der Waals surface area (Å²) in [5.74, 6) is 0. The molecule has 0 saturated heterocycles. The number of alkyl halides is 3. The Morgan fingerprint density at radius 1 is 0.971 bits per heavy atom. The predicted molar refractivity (Wildman–Crippen MR) is 128 cm³/mol. The molecule has 35 heavy (non-hydrogen) atoms. The van der Waals surface area contributed by atoms with Gasteiger partial charge in [0.1, 0.15) is 5.60 Å². The van der Waals surface area contributed by atoms with E-state index in [-0.39, 0.29) is 6.42 Å². The third-order valence-corrected chi connectivity index (χ3v) is 5.57. The fourth-order valence-electron chi connectivity index (χ4n) is 3.50. The molecule has 0 aromatic heterocycles. The molecule has 0 radical (unpaired) electrons. The van der Waals surface area contributed by atoms with Gasteiger partial charge in [0.2, 0.25) is 0 Å². The van der Waals surface area contributed by atoms with Crippen molar-refractivity contribution in [3.63, 3.8) is 0 Å². The quantitative estimate of drug-likeness (QED) is 0.417. The number of ether oxygens (including phenoxy) is 1. The van der Waals surface area contributed by atoms with E-state index in [4.69, 9.17) is 8.92 Å². The van der Waals surface area contributed by atoms with Gasteiger partial charge in [0, 0.05) is 0 Å². The molecule has 6 nitrogen and oxygen atoms in total. The topological polar surface area (TPSA) is 81.7 Å². The highest BCUT2D eigenvalue weighted by atomic mass is 32.2. The highest BCUT2D eigenvalue weighted by Gasteiger charge is 2.30. The van der Waals surface area contributed by atoms with Gasteiger partial charge in [0.15, 0.2) is 0 Å². The molecular formula is C25H32F3NO5S. The molecule has 2 atom stereocenters. The second-order valence-corrected chi connectivity index (χ2v) is 11.0. The van der Waals surface area contributed by atoms with Gasteiger partial charge in [0.05, 0.1) is 24.0 Å².